The monoisotopic (exact) mass is 376 g/mol. The number of amides is 2. The zero-order chi connectivity index (χ0) is 19.1. The highest BCUT2D eigenvalue weighted by Crippen LogP contribution is 2.36. The van der Waals surface area contributed by atoms with E-state index in [2.05, 4.69) is 10.6 Å². The molecule has 0 radical (unpaired) electrons. The molecule has 2 heterocycles. The number of carbonyl (C=O) groups is 2. The highest BCUT2D eigenvalue weighted by Gasteiger charge is 2.35. The van der Waals surface area contributed by atoms with Crippen LogP contribution in [0.2, 0.25) is 0 Å². The lowest BCUT2D eigenvalue weighted by Gasteiger charge is -2.12. The largest absolute Gasteiger partial charge is 0.347 e. The molecule has 4 nitrogen and oxygen atoms in total. The predicted octanol–water partition coefficient (Wildman–Crippen LogP) is 5.03. The van der Waals surface area contributed by atoms with Gasteiger partial charge in [-0.05, 0) is 43.3 Å². The molecule has 0 bridgehead atoms. The molecule has 27 heavy (non-hydrogen) atoms. The molecule has 5 heteroatoms. The Bertz CT molecular complexity index is 1090. The van der Waals surface area contributed by atoms with E-state index in [4.69, 9.17) is 0 Å². The van der Waals surface area contributed by atoms with E-state index < -0.39 is 0 Å². The first-order valence-electron chi connectivity index (χ1n) is 8.80. The zero-order valence-electron chi connectivity index (χ0n) is 15.5. The molecule has 0 unspecified atom stereocenters. The van der Waals surface area contributed by atoms with Crippen molar-refractivity contribution in [2.24, 2.45) is 7.05 Å². The fourth-order valence-corrected chi connectivity index (χ4v) is 4.20. The van der Waals surface area contributed by atoms with Gasteiger partial charge in [-0.15, -0.1) is 0 Å². The van der Waals surface area contributed by atoms with Crippen molar-refractivity contribution in [2.45, 2.75) is 20.4 Å². The summed E-state index contributed by atoms with van der Waals surface area (Å²) < 4.78 is 2.11. The molecule has 1 aliphatic heterocycles. The third kappa shape index (κ3) is 3.08. The number of nitrogens with zero attached hydrogens (tertiary/aromatic N) is 2. The van der Waals surface area contributed by atoms with Crippen LogP contribution in [-0.2, 0) is 18.4 Å². The molecule has 3 aromatic rings. The SMILES string of the molecule is Cc1ccc(CN2C(=O)SC(=Cc3c(C)n(C)c4ccccc34)C2=O)cc1. The molecule has 0 N–H and O–H groups in total. The van der Waals surface area contributed by atoms with E-state index in [1.807, 2.05) is 69.4 Å². The van der Waals surface area contributed by atoms with Crippen molar-refractivity contribution in [1.82, 2.24) is 9.47 Å². The summed E-state index contributed by atoms with van der Waals surface area (Å²) >= 11 is 1.01. The van der Waals surface area contributed by atoms with Gasteiger partial charge in [-0.3, -0.25) is 14.5 Å². The Balaban J connectivity index is 1.68. The van der Waals surface area contributed by atoms with Gasteiger partial charge in [0, 0.05) is 29.2 Å². The predicted molar refractivity (Wildman–Crippen MR) is 110 cm³/mol. The molecule has 1 aromatic heterocycles. The Morgan fingerprint density at radius 1 is 1.00 bits per heavy atom. The lowest BCUT2D eigenvalue weighted by atomic mass is 10.1. The normalized spacial score (nSPS) is 16.1. The maximum absolute atomic E-state index is 12.9. The smallest absolute Gasteiger partial charge is 0.293 e. The number of hydrogen-bond acceptors (Lipinski definition) is 3. The molecule has 1 fully saturated rings. The van der Waals surface area contributed by atoms with Gasteiger partial charge >= 0.3 is 0 Å². The van der Waals surface area contributed by atoms with Crippen LogP contribution in [0.4, 0.5) is 4.79 Å². The number of benzene rings is 2. The fourth-order valence-electron chi connectivity index (χ4n) is 3.38. The molecule has 1 saturated heterocycles. The van der Waals surface area contributed by atoms with Crippen LogP contribution in [0, 0.1) is 13.8 Å². The van der Waals surface area contributed by atoms with Gasteiger partial charge in [-0.2, -0.15) is 0 Å². The van der Waals surface area contributed by atoms with E-state index in [9.17, 15) is 9.59 Å². The van der Waals surface area contributed by atoms with Gasteiger partial charge in [0.2, 0.25) is 0 Å². The summed E-state index contributed by atoms with van der Waals surface area (Å²) in [5, 5.41) is 0.868. The first-order valence-corrected chi connectivity index (χ1v) is 9.62. The quantitative estimate of drug-likeness (QED) is 0.602. The van der Waals surface area contributed by atoms with E-state index in [0.29, 0.717) is 11.4 Å². The zero-order valence-corrected chi connectivity index (χ0v) is 16.3. The van der Waals surface area contributed by atoms with Gasteiger partial charge in [0.1, 0.15) is 0 Å². The van der Waals surface area contributed by atoms with Gasteiger partial charge in [0.05, 0.1) is 11.4 Å². The number of aryl methyl sites for hydroxylation is 2. The van der Waals surface area contributed by atoms with Gasteiger partial charge < -0.3 is 4.57 Å². The Hall–Kier alpha value is -2.79. The van der Waals surface area contributed by atoms with Gasteiger partial charge in [0.25, 0.3) is 11.1 Å². The number of imide groups is 1. The Labute approximate surface area is 162 Å². The van der Waals surface area contributed by atoms with Crippen LogP contribution in [0.3, 0.4) is 0 Å². The van der Waals surface area contributed by atoms with Crippen LogP contribution in [0.25, 0.3) is 17.0 Å². The first kappa shape index (κ1) is 17.6. The molecular weight excluding hydrogens is 356 g/mol. The van der Waals surface area contributed by atoms with Crippen molar-refractivity contribution in [3.8, 4) is 0 Å². The summed E-state index contributed by atoms with van der Waals surface area (Å²) in [6.45, 7) is 4.35. The van der Waals surface area contributed by atoms with Gasteiger partial charge in [-0.25, -0.2) is 0 Å². The van der Waals surface area contributed by atoms with E-state index in [0.717, 1.165) is 45.0 Å². The molecular formula is C22H20N2O2S. The fraction of sp³-hybridized carbons (Fsp3) is 0.182. The molecule has 2 aromatic carbocycles. The maximum Gasteiger partial charge on any atom is 0.293 e. The second kappa shape index (κ2) is 6.74. The number of carbonyl (C=O) groups excluding carboxylic acids is 2. The van der Waals surface area contributed by atoms with Crippen molar-refractivity contribution in [1.29, 1.82) is 0 Å². The van der Waals surface area contributed by atoms with Crippen LogP contribution in [0.15, 0.2) is 53.4 Å². The van der Waals surface area contributed by atoms with E-state index in [1.54, 1.807) is 0 Å². The van der Waals surface area contributed by atoms with Crippen LogP contribution < -0.4 is 0 Å². The van der Waals surface area contributed by atoms with Crippen molar-refractivity contribution < 1.29 is 9.59 Å². The van der Waals surface area contributed by atoms with Crippen LogP contribution in [0.5, 0.6) is 0 Å². The molecule has 0 spiro atoms. The van der Waals surface area contributed by atoms with Crippen molar-refractivity contribution >= 4 is 39.9 Å². The minimum Gasteiger partial charge on any atom is -0.347 e. The summed E-state index contributed by atoms with van der Waals surface area (Å²) in [4.78, 5) is 27.1. The van der Waals surface area contributed by atoms with Crippen LogP contribution in [-0.4, -0.2) is 20.6 Å². The number of hydrogen-bond donors (Lipinski definition) is 0. The highest BCUT2D eigenvalue weighted by molar-refractivity contribution is 8.18. The topological polar surface area (TPSA) is 42.3 Å². The molecule has 0 saturated carbocycles. The van der Waals surface area contributed by atoms with Crippen molar-refractivity contribution in [3.63, 3.8) is 0 Å². The third-order valence-electron chi connectivity index (χ3n) is 5.06. The van der Waals surface area contributed by atoms with E-state index in [1.165, 1.54) is 4.90 Å². The summed E-state index contributed by atoms with van der Waals surface area (Å²) in [5.74, 6) is -0.224. The Morgan fingerprint density at radius 2 is 1.70 bits per heavy atom. The van der Waals surface area contributed by atoms with E-state index >= 15 is 0 Å². The molecule has 0 atom stereocenters. The van der Waals surface area contributed by atoms with Crippen LogP contribution >= 0.6 is 11.8 Å². The number of para-hydroxylation sites is 1. The summed E-state index contributed by atoms with van der Waals surface area (Å²) in [6, 6.07) is 16.0. The summed E-state index contributed by atoms with van der Waals surface area (Å²) in [7, 11) is 2.01. The molecule has 1 aliphatic rings. The Kier molecular flexibility index (Phi) is 4.40. The third-order valence-corrected chi connectivity index (χ3v) is 5.97. The maximum atomic E-state index is 12.9. The van der Waals surface area contributed by atoms with Crippen LogP contribution in [0.1, 0.15) is 22.4 Å². The lowest BCUT2D eigenvalue weighted by Crippen LogP contribution is -2.27. The number of fused-ring (bicyclic) bond motifs is 1. The summed E-state index contributed by atoms with van der Waals surface area (Å²) in [6.07, 6.45) is 1.86. The number of rotatable bonds is 3. The summed E-state index contributed by atoms with van der Waals surface area (Å²) in [5.41, 5.74) is 5.28. The molecule has 0 aliphatic carbocycles. The lowest BCUT2D eigenvalue weighted by molar-refractivity contribution is -0.123. The van der Waals surface area contributed by atoms with Gasteiger partial charge in [0.15, 0.2) is 0 Å². The molecule has 4 rings (SSSR count). The van der Waals surface area contributed by atoms with Crippen molar-refractivity contribution in [2.75, 3.05) is 0 Å². The standard InChI is InChI=1S/C22H20N2O2S/c1-14-8-10-16(11-9-14)13-24-21(25)20(27-22(24)26)12-18-15(2)23(3)19-7-5-4-6-17(18)19/h4-12H,13H2,1-3H3. The second-order valence-corrected chi connectivity index (χ2v) is 7.82. The molecule has 2 amide bonds. The minimum atomic E-state index is -0.224. The first-order chi connectivity index (χ1) is 13.0. The van der Waals surface area contributed by atoms with Gasteiger partial charge in [-0.1, -0.05) is 48.0 Å². The molecule has 136 valence electrons. The Morgan fingerprint density at radius 3 is 2.44 bits per heavy atom. The second-order valence-electron chi connectivity index (χ2n) is 6.83. The average Bonchev–Trinajstić information content (AvgIpc) is 3.07. The average molecular weight is 376 g/mol. The number of aromatic nitrogens is 1. The van der Waals surface area contributed by atoms with E-state index in [-0.39, 0.29) is 11.1 Å². The minimum absolute atomic E-state index is 0.218. The highest BCUT2D eigenvalue weighted by atomic mass is 32.2. The number of thioether (sulfide) groups is 1. The van der Waals surface area contributed by atoms with Crippen molar-refractivity contribution in [3.05, 3.63) is 75.8 Å².